The molecule has 2 aliphatic heterocycles. The van der Waals surface area contributed by atoms with Crippen molar-refractivity contribution in [3.63, 3.8) is 0 Å². The van der Waals surface area contributed by atoms with Crippen molar-refractivity contribution in [2.45, 2.75) is 18.4 Å². The molecule has 0 saturated carbocycles. The van der Waals surface area contributed by atoms with E-state index in [0.29, 0.717) is 5.46 Å². The van der Waals surface area contributed by atoms with Gasteiger partial charge in [0.25, 0.3) is 5.69 Å². The summed E-state index contributed by atoms with van der Waals surface area (Å²) in [4.78, 5) is 10.3. The fourth-order valence-electron chi connectivity index (χ4n) is 2.84. The van der Waals surface area contributed by atoms with Crippen LogP contribution in [0, 0.1) is 10.1 Å². The number of nitro groups is 1. The van der Waals surface area contributed by atoms with Gasteiger partial charge in [0.15, 0.2) is 0 Å². The van der Waals surface area contributed by atoms with Gasteiger partial charge in [-0.25, -0.2) is 0 Å². The third kappa shape index (κ3) is 1.63. The number of rotatable bonds is 1. The van der Waals surface area contributed by atoms with Crippen LogP contribution in [0.5, 0.6) is 0 Å². The highest BCUT2D eigenvalue weighted by atomic mass is 16.6. The lowest BCUT2D eigenvalue weighted by atomic mass is 9.76. The van der Waals surface area contributed by atoms with Crippen LogP contribution in [-0.2, 0) is 10.3 Å². The standard InChI is InChI=1S/C11H13BN2O4/c15-12-10-7-8(14(16)17)1-2-9(10)11(18-12)3-5-13-6-4-11/h1-2,7,13,15H,3-6H2. The molecule has 2 aliphatic rings. The average Bonchev–Trinajstić information content (AvgIpc) is 2.63. The summed E-state index contributed by atoms with van der Waals surface area (Å²) >= 11 is 0. The molecule has 0 bridgehead atoms. The van der Waals surface area contributed by atoms with E-state index in [0.717, 1.165) is 31.5 Å². The van der Waals surface area contributed by atoms with Crippen LogP contribution in [0.3, 0.4) is 0 Å². The Hall–Kier alpha value is -1.44. The molecule has 2 N–H and O–H groups in total. The number of nitrogens with zero attached hydrogens (tertiary/aromatic N) is 1. The molecule has 2 heterocycles. The lowest BCUT2D eigenvalue weighted by Crippen LogP contribution is -2.40. The van der Waals surface area contributed by atoms with Crippen LogP contribution in [0.25, 0.3) is 0 Å². The van der Waals surface area contributed by atoms with Crippen LogP contribution < -0.4 is 10.8 Å². The molecule has 94 valence electrons. The zero-order valence-corrected chi connectivity index (χ0v) is 9.76. The molecular weight excluding hydrogens is 235 g/mol. The minimum atomic E-state index is -1.06. The lowest BCUT2D eigenvalue weighted by Gasteiger charge is -2.34. The Kier molecular flexibility index (Phi) is 2.62. The second kappa shape index (κ2) is 4.05. The summed E-state index contributed by atoms with van der Waals surface area (Å²) in [6.07, 6.45) is 1.55. The molecular formula is C11H13BN2O4. The molecule has 1 saturated heterocycles. The first kappa shape index (κ1) is 11.6. The van der Waals surface area contributed by atoms with Crippen LogP contribution in [0.4, 0.5) is 5.69 Å². The van der Waals surface area contributed by atoms with E-state index in [-0.39, 0.29) is 5.69 Å². The van der Waals surface area contributed by atoms with E-state index < -0.39 is 17.6 Å². The largest absolute Gasteiger partial charge is 0.492 e. The number of hydrogen-bond donors (Lipinski definition) is 2. The molecule has 7 heteroatoms. The predicted molar refractivity (Wildman–Crippen MR) is 65.6 cm³/mol. The minimum absolute atomic E-state index is 0.0117. The molecule has 1 aromatic carbocycles. The van der Waals surface area contributed by atoms with Crippen molar-refractivity contribution >= 4 is 18.3 Å². The van der Waals surface area contributed by atoms with Crippen molar-refractivity contribution in [1.29, 1.82) is 0 Å². The predicted octanol–water partition coefficient (Wildman–Crippen LogP) is -0.109. The fourth-order valence-corrected chi connectivity index (χ4v) is 2.84. The van der Waals surface area contributed by atoms with Gasteiger partial charge in [-0.3, -0.25) is 10.1 Å². The molecule has 1 spiro atoms. The molecule has 1 aromatic rings. The zero-order valence-electron chi connectivity index (χ0n) is 9.76. The molecule has 3 rings (SSSR count). The Bertz CT molecular complexity index is 502. The van der Waals surface area contributed by atoms with Gasteiger partial charge in [-0.1, -0.05) is 0 Å². The second-order valence-corrected chi connectivity index (χ2v) is 4.74. The fraction of sp³-hybridized carbons (Fsp3) is 0.455. The van der Waals surface area contributed by atoms with Crippen molar-refractivity contribution in [3.05, 3.63) is 33.9 Å². The monoisotopic (exact) mass is 248 g/mol. The molecule has 0 amide bonds. The van der Waals surface area contributed by atoms with Gasteiger partial charge in [0.1, 0.15) is 0 Å². The summed E-state index contributed by atoms with van der Waals surface area (Å²) < 4.78 is 5.69. The Morgan fingerprint density at radius 1 is 1.44 bits per heavy atom. The number of non-ortho nitro benzene ring substituents is 1. The van der Waals surface area contributed by atoms with Gasteiger partial charge in [0.2, 0.25) is 0 Å². The summed E-state index contributed by atoms with van der Waals surface area (Å²) in [7, 11) is -1.06. The first-order chi connectivity index (χ1) is 8.62. The summed E-state index contributed by atoms with van der Waals surface area (Å²) in [5, 5.41) is 23.9. The third-order valence-electron chi connectivity index (χ3n) is 3.75. The van der Waals surface area contributed by atoms with E-state index in [1.807, 2.05) is 0 Å². The van der Waals surface area contributed by atoms with Crippen LogP contribution in [-0.4, -0.2) is 30.2 Å². The van der Waals surface area contributed by atoms with E-state index >= 15 is 0 Å². The van der Waals surface area contributed by atoms with Crippen molar-refractivity contribution in [2.24, 2.45) is 0 Å². The first-order valence-electron chi connectivity index (χ1n) is 5.98. The van der Waals surface area contributed by atoms with Crippen LogP contribution in [0.1, 0.15) is 18.4 Å². The maximum Gasteiger partial charge on any atom is 0.492 e. The van der Waals surface area contributed by atoms with E-state index in [2.05, 4.69) is 5.32 Å². The second-order valence-electron chi connectivity index (χ2n) is 4.74. The van der Waals surface area contributed by atoms with Gasteiger partial charge in [-0.2, -0.15) is 0 Å². The van der Waals surface area contributed by atoms with Gasteiger partial charge in [0, 0.05) is 12.1 Å². The molecule has 0 aliphatic carbocycles. The van der Waals surface area contributed by atoms with Crippen molar-refractivity contribution < 1.29 is 14.6 Å². The van der Waals surface area contributed by atoms with Crippen LogP contribution in [0.2, 0.25) is 0 Å². The lowest BCUT2D eigenvalue weighted by molar-refractivity contribution is -0.384. The number of fused-ring (bicyclic) bond motifs is 2. The number of piperidine rings is 1. The highest BCUT2D eigenvalue weighted by Crippen LogP contribution is 2.39. The third-order valence-corrected chi connectivity index (χ3v) is 3.75. The van der Waals surface area contributed by atoms with E-state index in [9.17, 15) is 15.1 Å². The molecule has 0 atom stereocenters. The molecule has 0 unspecified atom stereocenters. The number of benzene rings is 1. The van der Waals surface area contributed by atoms with Crippen LogP contribution in [0.15, 0.2) is 18.2 Å². The van der Waals surface area contributed by atoms with Crippen molar-refractivity contribution in [1.82, 2.24) is 5.32 Å². The van der Waals surface area contributed by atoms with Gasteiger partial charge in [-0.05, 0) is 43.0 Å². The summed E-state index contributed by atoms with van der Waals surface area (Å²) in [5.41, 5.74) is 0.936. The molecule has 0 aromatic heterocycles. The molecule has 18 heavy (non-hydrogen) atoms. The Labute approximate surface area is 104 Å². The highest BCUT2D eigenvalue weighted by molar-refractivity contribution is 6.62. The number of nitro benzene ring substituents is 1. The Balaban J connectivity index is 2.05. The topological polar surface area (TPSA) is 84.6 Å². The van der Waals surface area contributed by atoms with Crippen molar-refractivity contribution in [2.75, 3.05) is 13.1 Å². The summed E-state index contributed by atoms with van der Waals surface area (Å²) in [5.74, 6) is 0. The quantitative estimate of drug-likeness (QED) is 0.411. The van der Waals surface area contributed by atoms with Gasteiger partial charge < -0.3 is 15.0 Å². The Morgan fingerprint density at radius 3 is 2.83 bits per heavy atom. The van der Waals surface area contributed by atoms with E-state index in [4.69, 9.17) is 4.65 Å². The minimum Gasteiger partial charge on any atom is -0.423 e. The Morgan fingerprint density at radius 2 is 2.17 bits per heavy atom. The molecule has 6 nitrogen and oxygen atoms in total. The normalized spacial score (nSPS) is 21.1. The van der Waals surface area contributed by atoms with Crippen molar-refractivity contribution in [3.8, 4) is 0 Å². The summed E-state index contributed by atoms with van der Waals surface area (Å²) in [6, 6.07) is 4.61. The van der Waals surface area contributed by atoms with E-state index in [1.165, 1.54) is 12.1 Å². The van der Waals surface area contributed by atoms with Crippen LogP contribution >= 0.6 is 0 Å². The van der Waals surface area contributed by atoms with Gasteiger partial charge in [0.05, 0.1) is 10.5 Å². The first-order valence-corrected chi connectivity index (χ1v) is 5.98. The smallest absolute Gasteiger partial charge is 0.423 e. The molecule has 1 fully saturated rings. The van der Waals surface area contributed by atoms with E-state index in [1.54, 1.807) is 6.07 Å². The average molecular weight is 248 g/mol. The van der Waals surface area contributed by atoms with Gasteiger partial charge >= 0.3 is 7.12 Å². The SMILES string of the molecule is O=[N+]([O-])c1ccc2c(c1)B(O)OC21CCNCC1. The summed E-state index contributed by atoms with van der Waals surface area (Å²) in [6.45, 7) is 1.65. The maximum absolute atomic E-state index is 10.7. The number of nitrogens with one attached hydrogen (secondary N) is 1. The zero-order chi connectivity index (χ0) is 12.8. The highest BCUT2D eigenvalue weighted by Gasteiger charge is 2.47. The molecule has 0 radical (unpaired) electrons. The van der Waals surface area contributed by atoms with Gasteiger partial charge in [-0.15, -0.1) is 0 Å². The number of hydrogen-bond acceptors (Lipinski definition) is 5. The maximum atomic E-state index is 10.7.